The highest BCUT2D eigenvalue weighted by Crippen LogP contribution is 2.15. The maximum absolute atomic E-state index is 12.8. The summed E-state index contributed by atoms with van der Waals surface area (Å²) in [6.45, 7) is 0.201. The second-order valence-electron chi connectivity index (χ2n) is 5.03. The Balaban J connectivity index is 1.84. The quantitative estimate of drug-likeness (QED) is 0.774. The molecule has 1 heterocycles. The van der Waals surface area contributed by atoms with Crippen LogP contribution in [0, 0.1) is 5.82 Å². The van der Waals surface area contributed by atoms with Crippen molar-refractivity contribution < 1.29 is 9.18 Å². The van der Waals surface area contributed by atoms with Crippen molar-refractivity contribution in [2.45, 2.75) is 6.54 Å². The van der Waals surface area contributed by atoms with Crippen LogP contribution in [0.3, 0.4) is 0 Å². The molecule has 0 saturated carbocycles. The Labute approximate surface area is 135 Å². The number of H-pyrrole nitrogens is 1. The minimum absolute atomic E-state index is 0.00174. The van der Waals surface area contributed by atoms with Gasteiger partial charge in [-0.25, -0.2) is 4.39 Å². The number of carbonyl (C=O) groups is 1. The second kappa shape index (κ2) is 6.22. The van der Waals surface area contributed by atoms with E-state index in [-0.39, 0.29) is 17.9 Å². The van der Waals surface area contributed by atoms with E-state index in [0.717, 1.165) is 5.56 Å². The van der Waals surface area contributed by atoms with Gasteiger partial charge < -0.3 is 10.3 Å². The molecule has 0 unspecified atom stereocenters. The number of rotatable bonds is 3. The Bertz CT molecular complexity index is 935. The van der Waals surface area contributed by atoms with Gasteiger partial charge in [-0.1, -0.05) is 23.7 Å². The van der Waals surface area contributed by atoms with Gasteiger partial charge in [0.15, 0.2) is 0 Å². The average Bonchev–Trinajstić information content (AvgIpc) is 2.55. The van der Waals surface area contributed by atoms with Crippen molar-refractivity contribution in [1.82, 2.24) is 10.3 Å². The van der Waals surface area contributed by atoms with Gasteiger partial charge in [0.2, 0.25) is 5.43 Å². The Morgan fingerprint density at radius 1 is 1.17 bits per heavy atom. The van der Waals surface area contributed by atoms with E-state index in [1.807, 2.05) is 0 Å². The molecule has 0 saturated heterocycles. The average molecular weight is 331 g/mol. The van der Waals surface area contributed by atoms with Crippen LogP contribution >= 0.6 is 11.6 Å². The lowest BCUT2D eigenvalue weighted by Gasteiger charge is -2.06. The van der Waals surface area contributed by atoms with Crippen LogP contribution in [0.1, 0.15) is 15.9 Å². The summed E-state index contributed by atoms with van der Waals surface area (Å²) in [6.07, 6.45) is 1.37. The van der Waals surface area contributed by atoms with Crippen LogP contribution in [0.4, 0.5) is 4.39 Å². The Morgan fingerprint density at radius 2 is 1.91 bits per heavy atom. The molecule has 0 aliphatic carbocycles. The number of carbonyl (C=O) groups excluding carboxylic acids is 1. The fraction of sp³-hybridized carbons (Fsp3) is 0.0588. The molecule has 3 rings (SSSR count). The minimum Gasteiger partial charge on any atom is -0.360 e. The van der Waals surface area contributed by atoms with Crippen LogP contribution in [-0.4, -0.2) is 10.9 Å². The first-order chi connectivity index (χ1) is 11.0. The highest BCUT2D eigenvalue weighted by molar-refractivity contribution is 6.31. The van der Waals surface area contributed by atoms with Gasteiger partial charge in [-0.05, 0) is 35.9 Å². The number of halogens is 2. The summed E-state index contributed by atoms with van der Waals surface area (Å²) in [5, 5.41) is 3.42. The Kier molecular flexibility index (Phi) is 4.12. The van der Waals surface area contributed by atoms with E-state index in [1.165, 1.54) is 24.4 Å². The predicted octanol–water partition coefficient (Wildman–Crippen LogP) is 3.25. The van der Waals surface area contributed by atoms with Crippen molar-refractivity contribution in [3.63, 3.8) is 0 Å². The third-order valence-corrected chi connectivity index (χ3v) is 3.69. The van der Waals surface area contributed by atoms with Crippen LogP contribution in [0.25, 0.3) is 10.9 Å². The van der Waals surface area contributed by atoms with Crippen LogP contribution < -0.4 is 10.7 Å². The minimum atomic E-state index is -0.502. The first kappa shape index (κ1) is 15.2. The molecule has 116 valence electrons. The number of aromatic nitrogens is 1. The summed E-state index contributed by atoms with van der Waals surface area (Å²) >= 11 is 5.89. The first-order valence-electron chi connectivity index (χ1n) is 6.88. The summed E-state index contributed by atoms with van der Waals surface area (Å²) in [4.78, 5) is 27.5. The van der Waals surface area contributed by atoms with Crippen molar-refractivity contribution in [2.75, 3.05) is 0 Å². The fourth-order valence-corrected chi connectivity index (χ4v) is 2.41. The number of pyridine rings is 1. The number of amides is 1. The summed E-state index contributed by atoms with van der Waals surface area (Å²) in [7, 11) is 0. The second-order valence-corrected chi connectivity index (χ2v) is 5.47. The molecule has 3 aromatic rings. The highest BCUT2D eigenvalue weighted by atomic mass is 35.5. The molecule has 2 N–H and O–H groups in total. The lowest BCUT2D eigenvalue weighted by atomic mass is 10.1. The largest absolute Gasteiger partial charge is 0.360 e. The normalized spacial score (nSPS) is 10.7. The maximum atomic E-state index is 12.8. The van der Waals surface area contributed by atoms with E-state index < -0.39 is 11.3 Å². The van der Waals surface area contributed by atoms with Gasteiger partial charge in [-0.3, -0.25) is 9.59 Å². The highest BCUT2D eigenvalue weighted by Gasteiger charge is 2.13. The van der Waals surface area contributed by atoms with E-state index in [9.17, 15) is 14.0 Å². The molecule has 0 aliphatic heterocycles. The number of hydrogen-bond donors (Lipinski definition) is 2. The zero-order chi connectivity index (χ0) is 16.4. The van der Waals surface area contributed by atoms with Crippen molar-refractivity contribution in [3.05, 3.63) is 80.9 Å². The van der Waals surface area contributed by atoms with Gasteiger partial charge in [0, 0.05) is 28.7 Å². The molecule has 23 heavy (non-hydrogen) atoms. The molecule has 1 amide bonds. The number of aromatic amines is 1. The number of fused-ring (bicyclic) bond motifs is 1. The lowest BCUT2D eigenvalue weighted by molar-refractivity contribution is 0.0949. The molecule has 6 heteroatoms. The van der Waals surface area contributed by atoms with Gasteiger partial charge in [0.05, 0.1) is 0 Å². The standard InChI is InChI=1S/C17H12ClFN2O2/c18-11-3-6-15-13(7-11)16(22)14(9-20-15)17(23)21-8-10-1-4-12(19)5-2-10/h1-7,9H,8H2,(H,20,22)(H,21,23). The van der Waals surface area contributed by atoms with E-state index in [2.05, 4.69) is 10.3 Å². The van der Waals surface area contributed by atoms with Crippen molar-refractivity contribution in [2.24, 2.45) is 0 Å². The zero-order valence-electron chi connectivity index (χ0n) is 11.9. The molecule has 0 fully saturated rings. The molecular weight excluding hydrogens is 319 g/mol. The van der Waals surface area contributed by atoms with E-state index in [1.54, 1.807) is 24.3 Å². The summed E-state index contributed by atoms with van der Waals surface area (Å²) in [5.74, 6) is -0.847. The van der Waals surface area contributed by atoms with E-state index in [4.69, 9.17) is 11.6 Å². The first-order valence-corrected chi connectivity index (χ1v) is 7.26. The zero-order valence-corrected chi connectivity index (χ0v) is 12.7. The Hall–Kier alpha value is -2.66. The number of benzene rings is 2. The van der Waals surface area contributed by atoms with Crippen LogP contribution in [-0.2, 0) is 6.54 Å². The SMILES string of the molecule is O=C(NCc1ccc(F)cc1)c1c[nH]c2ccc(Cl)cc2c1=O. The molecule has 4 nitrogen and oxygen atoms in total. The summed E-state index contributed by atoms with van der Waals surface area (Å²) < 4.78 is 12.8. The molecule has 0 spiro atoms. The number of hydrogen-bond acceptors (Lipinski definition) is 2. The van der Waals surface area contributed by atoms with E-state index >= 15 is 0 Å². The molecule has 2 aromatic carbocycles. The van der Waals surface area contributed by atoms with Crippen molar-refractivity contribution in [3.8, 4) is 0 Å². The van der Waals surface area contributed by atoms with Gasteiger partial charge in [-0.15, -0.1) is 0 Å². The maximum Gasteiger partial charge on any atom is 0.257 e. The molecule has 0 aliphatic rings. The smallest absolute Gasteiger partial charge is 0.257 e. The lowest BCUT2D eigenvalue weighted by Crippen LogP contribution is -2.28. The van der Waals surface area contributed by atoms with Crippen LogP contribution in [0.15, 0.2) is 53.5 Å². The Morgan fingerprint density at radius 3 is 2.65 bits per heavy atom. The third kappa shape index (κ3) is 3.24. The number of nitrogens with one attached hydrogen (secondary N) is 2. The predicted molar refractivity (Wildman–Crippen MR) is 87.1 cm³/mol. The van der Waals surface area contributed by atoms with Gasteiger partial charge in [0.25, 0.3) is 5.91 Å². The third-order valence-electron chi connectivity index (χ3n) is 3.45. The topological polar surface area (TPSA) is 62.0 Å². The van der Waals surface area contributed by atoms with Gasteiger partial charge in [-0.2, -0.15) is 0 Å². The summed E-state index contributed by atoms with van der Waals surface area (Å²) in [6, 6.07) is 10.6. The monoisotopic (exact) mass is 330 g/mol. The fourth-order valence-electron chi connectivity index (χ4n) is 2.24. The molecule has 0 bridgehead atoms. The molecule has 1 aromatic heterocycles. The van der Waals surface area contributed by atoms with Crippen molar-refractivity contribution in [1.29, 1.82) is 0 Å². The molecule has 0 radical (unpaired) electrons. The van der Waals surface area contributed by atoms with Crippen LogP contribution in [0.5, 0.6) is 0 Å². The van der Waals surface area contributed by atoms with Crippen molar-refractivity contribution >= 4 is 28.4 Å². The van der Waals surface area contributed by atoms with Gasteiger partial charge >= 0.3 is 0 Å². The van der Waals surface area contributed by atoms with Gasteiger partial charge in [0.1, 0.15) is 11.4 Å². The molecular formula is C17H12ClFN2O2. The van der Waals surface area contributed by atoms with Crippen LogP contribution in [0.2, 0.25) is 5.02 Å². The van der Waals surface area contributed by atoms with E-state index in [0.29, 0.717) is 15.9 Å². The molecule has 0 atom stereocenters. The summed E-state index contributed by atoms with van der Waals surface area (Å²) in [5.41, 5.74) is 0.953.